The second-order valence-electron chi connectivity index (χ2n) is 9.88. The molecule has 0 radical (unpaired) electrons. The van der Waals surface area contributed by atoms with Crippen LogP contribution < -0.4 is 15.6 Å². The van der Waals surface area contributed by atoms with E-state index in [-0.39, 0.29) is 18.1 Å². The Hall–Kier alpha value is -4.45. The number of benzene rings is 2. The Morgan fingerprint density at radius 3 is 2.04 bits per heavy atom. The zero-order valence-electron chi connectivity index (χ0n) is 30.9. The molecular weight excluding hydrogens is 692 g/mol. The van der Waals surface area contributed by atoms with Crippen LogP contribution >= 0.6 is 11.6 Å². The quantitative estimate of drug-likeness (QED) is 0.0859. The van der Waals surface area contributed by atoms with Crippen molar-refractivity contribution < 1.29 is 41.4 Å². The molecule has 13 heteroatoms. The maximum absolute atomic E-state index is 13.8. The largest absolute Gasteiger partial charge is 0.479 e. The van der Waals surface area contributed by atoms with Crippen LogP contribution in [0.25, 0.3) is 10.8 Å². The van der Waals surface area contributed by atoms with Crippen molar-refractivity contribution in [2.45, 2.75) is 94.2 Å². The molecule has 0 aliphatic rings. The van der Waals surface area contributed by atoms with Crippen LogP contribution in [0.15, 0.2) is 65.6 Å². The number of halogens is 5. The Balaban J connectivity index is 0. The first-order chi connectivity index (χ1) is 24.2. The highest BCUT2D eigenvalue weighted by Crippen LogP contribution is 2.26. The van der Waals surface area contributed by atoms with E-state index in [0.717, 1.165) is 4.57 Å². The monoisotopic (exact) mass is 742 g/mol. The highest BCUT2D eigenvalue weighted by Gasteiger charge is 2.27. The number of nitrogens with one attached hydrogen (secondary N) is 1. The molecule has 1 amide bonds. The number of hydrogen-bond donors (Lipinski definition) is 1. The summed E-state index contributed by atoms with van der Waals surface area (Å²) >= 11 is 5.93. The van der Waals surface area contributed by atoms with Crippen molar-refractivity contribution in [3.8, 4) is 5.75 Å². The molecule has 1 unspecified atom stereocenters. The Morgan fingerprint density at radius 1 is 0.980 bits per heavy atom. The predicted molar refractivity (Wildman–Crippen MR) is 196 cm³/mol. The van der Waals surface area contributed by atoms with Gasteiger partial charge in [-0.25, -0.2) is 8.78 Å². The van der Waals surface area contributed by atoms with Crippen LogP contribution in [0.5, 0.6) is 5.75 Å². The second-order valence-corrected chi connectivity index (χ2v) is 10.3. The zero-order valence-corrected chi connectivity index (χ0v) is 31.7. The van der Waals surface area contributed by atoms with Crippen molar-refractivity contribution in [3.05, 3.63) is 99.5 Å². The number of fused-ring (bicyclic) bond motifs is 1. The molecule has 0 aliphatic heterocycles. The minimum atomic E-state index is -1.87. The van der Waals surface area contributed by atoms with Gasteiger partial charge in [0, 0.05) is 22.7 Å². The van der Waals surface area contributed by atoms with Gasteiger partial charge in [-0.2, -0.15) is 8.78 Å². The Kier molecular flexibility index (Phi) is 26.0. The second kappa shape index (κ2) is 27.3. The molecule has 1 heterocycles. The molecule has 0 saturated carbocycles. The summed E-state index contributed by atoms with van der Waals surface area (Å²) in [5.41, 5.74) is 0.952. The first kappa shape index (κ1) is 48.7. The average molecular weight is 743 g/mol. The Labute approximate surface area is 303 Å². The zero-order chi connectivity index (χ0) is 39.7. The SMILES string of the molecule is C=CC.CC.CC.CC/C=C(/C)CC.CCOC(=O)CC(NC(=O)Cn1ccc2ccc(Cl)cc2c1=O)C(=O)COc1c(F)c(F)cc(F)c1F. The summed E-state index contributed by atoms with van der Waals surface area (Å²) in [6.45, 7) is 19.5. The number of aromatic nitrogens is 1. The lowest BCUT2D eigenvalue weighted by Crippen LogP contribution is -2.46. The molecule has 1 atom stereocenters. The van der Waals surface area contributed by atoms with Crippen LogP contribution in [0.4, 0.5) is 17.6 Å². The lowest BCUT2D eigenvalue weighted by Gasteiger charge is -2.18. The van der Waals surface area contributed by atoms with Gasteiger partial charge in [0.15, 0.2) is 23.2 Å². The van der Waals surface area contributed by atoms with Gasteiger partial charge in [-0.3, -0.25) is 19.2 Å². The number of Topliss-reactive ketones (excluding diaryl/α,β-unsaturated/α-hetero) is 1. The maximum atomic E-state index is 13.8. The average Bonchev–Trinajstić information content (AvgIpc) is 3.11. The smallest absolute Gasteiger partial charge is 0.308 e. The molecule has 51 heavy (non-hydrogen) atoms. The molecule has 3 aromatic rings. The van der Waals surface area contributed by atoms with Crippen LogP contribution in [0.3, 0.4) is 0 Å². The number of rotatable bonds is 12. The van der Waals surface area contributed by atoms with Gasteiger partial charge < -0.3 is 19.4 Å². The molecule has 0 spiro atoms. The minimum Gasteiger partial charge on any atom is -0.479 e. The third kappa shape index (κ3) is 17.4. The fourth-order valence-corrected chi connectivity index (χ4v) is 3.99. The molecule has 8 nitrogen and oxygen atoms in total. The highest BCUT2D eigenvalue weighted by molar-refractivity contribution is 6.31. The van der Waals surface area contributed by atoms with Gasteiger partial charge in [-0.15, -0.1) is 6.58 Å². The summed E-state index contributed by atoms with van der Waals surface area (Å²) in [6, 6.07) is 4.55. The number of carbonyl (C=O) groups is 3. The molecule has 0 bridgehead atoms. The number of esters is 1. The molecule has 0 fully saturated rings. The van der Waals surface area contributed by atoms with Crippen LogP contribution in [0.2, 0.25) is 5.02 Å². The minimum absolute atomic E-state index is 0.0359. The fraction of sp³-hybridized carbons (Fsp3) is 0.421. The number of ketones is 1. The Bertz CT molecular complexity index is 1620. The first-order valence-corrected chi connectivity index (χ1v) is 17.1. The van der Waals surface area contributed by atoms with E-state index in [2.05, 4.69) is 43.5 Å². The number of allylic oxidation sites excluding steroid dienone is 3. The third-order valence-electron chi connectivity index (χ3n) is 6.20. The Morgan fingerprint density at radius 2 is 1.55 bits per heavy atom. The summed E-state index contributed by atoms with van der Waals surface area (Å²) < 4.78 is 64.9. The summed E-state index contributed by atoms with van der Waals surface area (Å²) in [7, 11) is 0. The van der Waals surface area contributed by atoms with E-state index < -0.39 is 77.9 Å². The van der Waals surface area contributed by atoms with E-state index in [1.54, 1.807) is 24.3 Å². The number of carbonyl (C=O) groups excluding carboxylic acids is 3. The van der Waals surface area contributed by atoms with E-state index in [9.17, 15) is 36.7 Å². The van der Waals surface area contributed by atoms with Gasteiger partial charge >= 0.3 is 5.97 Å². The maximum Gasteiger partial charge on any atom is 0.308 e. The van der Waals surface area contributed by atoms with Crippen LogP contribution in [0.1, 0.15) is 81.6 Å². The number of nitrogens with zero attached hydrogens (tertiary/aromatic N) is 1. The van der Waals surface area contributed by atoms with Crippen LogP contribution in [-0.2, 0) is 25.7 Å². The molecule has 1 aromatic heterocycles. The highest BCUT2D eigenvalue weighted by atomic mass is 35.5. The summed E-state index contributed by atoms with van der Waals surface area (Å²) in [5, 5.41) is 3.36. The van der Waals surface area contributed by atoms with Gasteiger partial charge in [0.2, 0.25) is 17.5 Å². The summed E-state index contributed by atoms with van der Waals surface area (Å²) in [4.78, 5) is 49.9. The van der Waals surface area contributed by atoms with Crippen LogP contribution in [-0.4, -0.2) is 41.5 Å². The molecule has 284 valence electrons. The number of ether oxygens (including phenoxy) is 2. The van der Waals surface area contributed by atoms with Crippen molar-refractivity contribution in [3.63, 3.8) is 0 Å². The van der Waals surface area contributed by atoms with Crippen molar-refractivity contribution in [2.75, 3.05) is 13.2 Å². The predicted octanol–water partition coefficient (Wildman–Crippen LogP) is 9.29. The summed E-state index contributed by atoms with van der Waals surface area (Å²) in [6.07, 6.45) is 7.05. The number of pyridine rings is 1. The topological polar surface area (TPSA) is 104 Å². The third-order valence-corrected chi connectivity index (χ3v) is 6.43. The molecular formula is C38H51ClF4N2O6. The first-order valence-electron chi connectivity index (χ1n) is 16.7. The molecule has 0 aliphatic carbocycles. The number of hydrogen-bond acceptors (Lipinski definition) is 6. The van der Waals surface area contributed by atoms with Crippen molar-refractivity contribution in [1.82, 2.24) is 9.88 Å². The van der Waals surface area contributed by atoms with Crippen LogP contribution in [0, 0.1) is 23.3 Å². The van der Waals surface area contributed by atoms with E-state index in [4.69, 9.17) is 16.3 Å². The fourth-order valence-electron chi connectivity index (χ4n) is 3.82. The van der Waals surface area contributed by atoms with Gasteiger partial charge in [-0.05, 0) is 57.2 Å². The van der Waals surface area contributed by atoms with E-state index in [0.29, 0.717) is 10.4 Å². The molecule has 3 rings (SSSR count). The van der Waals surface area contributed by atoms with Gasteiger partial charge in [0.25, 0.3) is 5.56 Å². The number of amides is 1. The van der Waals surface area contributed by atoms with Crippen molar-refractivity contribution >= 4 is 40.0 Å². The van der Waals surface area contributed by atoms with Gasteiger partial charge in [-0.1, -0.05) is 76.9 Å². The molecule has 0 saturated heterocycles. The van der Waals surface area contributed by atoms with E-state index in [1.165, 1.54) is 37.6 Å². The standard InChI is InChI=1S/C24H19ClF4N2O6.C7H14.C3H6.2C2H6/c1-2-36-20(34)9-17(18(32)11-37-23-21(28)15(26)8-16(27)22(23)29)30-19(33)10-31-6-5-12-3-4-13(25)7-14(12)24(31)35;1-4-6-7(3)5-2;1-3-2;2*1-2/h3-8,17H,2,9-11H2,1H3,(H,30,33);6H,4-5H2,1-3H3;3H,1H2,2H3;2*1-2H3/b;7-6-;;;. The molecule has 1 N–H and O–H groups in total. The lowest BCUT2D eigenvalue weighted by atomic mass is 10.1. The normalized spacial score (nSPS) is 10.7. The van der Waals surface area contributed by atoms with E-state index in [1.807, 2.05) is 34.6 Å². The van der Waals surface area contributed by atoms with E-state index >= 15 is 0 Å². The molecule has 2 aromatic carbocycles. The summed E-state index contributed by atoms with van der Waals surface area (Å²) in [5.74, 6) is -11.6. The van der Waals surface area contributed by atoms with Gasteiger partial charge in [0.05, 0.1) is 13.0 Å². The van der Waals surface area contributed by atoms with Crippen molar-refractivity contribution in [2.24, 2.45) is 0 Å². The van der Waals surface area contributed by atoms with Gasteiger partial charge in [0.1, 0.15) is 19.2 Å². The van der Waals surface area contributed by atoms with Crippen molar-refractivity contribution in [1.29, 1.82) is 0 Å². The lowest BCUT2D eigenvalue weighted by molar-refractivity contribution is -0.145.